The molecule has 0 radical (unpaired) electrons. The largest absolute Gasteiger partial charge is 0.478 e. The van der Waals surface area contributed by atoms with Crippen molar-refractivity contribution >= 4 is 35.2 Å². The second-order valence-corrected chi connectivity index (χ2v) is 4.95. The van der Waals surface area contributed by atoms with Crippen molar-refractivity contribution in [1.82, 2.24) is 0 Å². The number of benzene rings is 2. The molecule has 0 spiro atoms. The molecule has 114 valence electrons. The van der Waals surface area contributed by atoms with Gasteiger partial charge in [-0.25, -0.2) is 13.6 Å². The van der Waals surface area contributed by atoms with Gasteiger partial charge in [0.1, 0.15) is 0 Å². The summed E-state index contributed by atoms with van der Waals surface area (Å²) in [5, 5.41) is 11.8. The van der Waals surface area contributed by atoms with Crippen molar-refractivity contribution in [2.75, 3.05) is 5.32 Å². The average Bonchev–Trinajstić information content (AvgIpc) is 2.46. The monoisotopic (exact) mass is 325 g/mol. The highest BCUT2D eigenvalue weighted by molar-refractivity contribution is 6.33. The quantitative estimate of drug-likeness (QED) is 0.827. The Bertz CT molecular complexity index is 778. The van der Waals surface area contributed by atoms with Crippen LogP contribution in [0.25, 0.3) is 0 Å². The molecule has 0 saturated heterocycles. The molecule has 2 aromatic carbocycles. The van der Waals surface area contributed by atoms with Crippen molar-refractivity contribution in [3.05, 3.63) is 57.6 Å². The molecule has 0 aliphatic rings. The molecule has 7 heteroatoms. The number of carbonyl (C=O) groups is 2. The summed E-state index contributed by atoms with van der Waals surface area (Å²) in [7, 11) is 0. The van der Waals surface area contributed by atoms with Crippen molar-refractivity contribution in [2.45, 2.75) is 6.92 Å². The number of aromatic carboxylic acids is 1. The summed E-state index contributed by atoms with van der Waals surface area (Å²) >= 11 is 5.98. The van der Waals surface area contributed by atoms with E-state index in [1.54, 1.807) is 19.1 Å². The zero-order valence-corrected chi connectivity index (χ0v) is 12.0. The first-order valence-electron chi connectivity index (χ1n) is 6.08. The van der Waals surface area contributed by atoms with Crippen LogP contribution < -0.4 is 5.32 Å². The normalized spacial score (nSPS) is 10.4. The van der Waals surface area contributed by atoms with Gasteiger partial charge < -0.3 is 10.4 Å². The van der Waals surface area contributed by atoms with E-state index in [2.05, 4.69) is 5.32 Å². The fraction of sp³-hybridized carbons (Fsp3) is 0.0667. The molecule has 0 heterocycles. The van der Waals surface area contributed by atoms with Gasteiger partial charge in [-0.3, -0.25) is 4.79 Å². The standard InChI is InChI=1S/C15H10ClF2NO3/c1-7-2-3-11(10(16)4-7)19-14-9(15(21)22)5-8(6-20)12(17)13(14)18/h2-6,19H,1H3,(H,21,22). The van der Waals surface area contributed by atoms with Crippen molar-refractivity contribution in [3.8, 4) is 0 Å². The Morgan fingerprint density at radius 3 is 2.50 bits per heavy atom. The number of hydrogen-bond acceptors (Lipinski definition) is 3. The predicted molar refractivity (Wildman–Crippen MR) is 78.2 cm³/mol. The molecule has 4 nitrogen and oxygen atoms in total. The lowest BCUT2D eigenvalue weighted by molar-refractivity contribution is 0.0697. The zero-order chi connectivity index (χ0) is 16.4. The lowest BCUT2D eigenvalue weighted by Crippen LogP contribution is -2.09. The van der Waals surface area contributed by atoms with Gasteiger partial charge in [0.05, 0.1) is 27.5 Å². The smallest absolute Gasteiger partial charge is 0.337 e. The van der Waals surface area contributed by atoms with Gasteiger partial charge in [-0.1, -0.05) is 17.7 Å². The van der Waals surface area contributed by atoms with E-state index in [1.165, 1.54) is 6.07 Å². The lowest BCUT2D eigenvalue weighted by atomic mass is 10.1. The van der Waals surface area contributed by atoms with Crippen molar-refractivity contribution in [2.24, 2.45) is 0 Å². The Balaban J connectivity index is 2.61. The highest BCUT2D eigenvalue weighted by Crippen LogP contribution is 2.32. The van der Waals surface area contributed by atoms with Crippen LogP contribution in [-0.2, 0) is 0 Å². The molecule has 2 aromatic rings. The van der Waals surface area contributed by atoms with Crippen LogP contribution in [0, 0.1) is 18.6 Å². The first-order chi connectivity index (χ1) is 10.3. The molecule has 0 unspecified atom stereocenters. The lowest BCUT2D eigenvalue weighted by Gasteiger charge is -2.14. The molecule has 2 rings (SSSR count). The van der Waals surface area contributed by atoms with E-state index in [0.717, 1.165) is 11.6 Å². The van der Waals surface area contributed by atoms with Gasteiger partial charge in [-0.05, 0) is 30.7 Å². The van der Waals surface area contributed by atoms with Gasteiger partial charge in [-0.2, -0.15) is 0 Å². The Kier molecular flexibility index (Phi) is 4.42. The molecule has 0 aliphatic heterocycles. The second-order valence-electron chi connectivity index (χ2n) is 4.55. The van der Waals surface area contributed by atoms with E-state index in [-0.39, 0.29) is 17.0 Å². The maximum absolute atomic E-state index is 14.1. The van der Waals surface area contributed by atoms with E-state index in [1.807, 2.05) is 0 Å². The fourth-order valence-electron chi connectivity index (χ4n) is 1.88. The number of anilines is 2. The maximum Gasteiger partial charge on any atom is 0.337 e. The molecule has 22 heavy (non-hydrogen) atoms. The Morgan fingerprint density at radius 1 is 1.27 bits per heavy atom. The van der Waals surface area contributed by atoms with Crippen LogP contribution in [0.1, 0.15) is 26.3 Å². The van der Waals surface area contributed by atoms with Crippen LogP contribution in [0.15, 0.2) is 24.3 Å². The number of carboxylic acid groups (broad SMARTS) is 1. The number of carboxylic acids is 1. The van der Waals surface area contributed by atoms with Gasteiger partial charge in [-0.15, -0.1) is 0 Å². The van der Waals surface area contributed by atoms with Crippen molar-refractivity contribution in [1.29, 1.82) is 0 Å². The summed E-state index contributed by atoms with van der Waals surface area (Å²) in [5.74, 6) is -4.39. The number of nitrogens with one attached hydrogen (secondary N) is 1. The van der Waals surface area contributed by atoms with Gasteiger partial charge in [0, 0.05) is 0 Å². The molecule has 0 bridgehead atoms. The summed E-state index contributed by atoms with van der Waals surface area (Å²) in [6, 6.07) is 5.52. The Morgan fingerprint density at radius 2 is 1.95 bits per heavy atom. The second kappa shape index (κ2) is 6.11. The Labute approximate surface area is 129 Å². The molecule has 0 atom stereocenters. The molecule has 0 saturated carbocycles. The molecule has 0 fully saturated rings. The number of rotatable bonds is 4. The third-order valence-corrected chi connectivity index (χ3v) is 3.29. The van der Waals surface area contributed by atoms with Crippen LogP contribution in [0.5, 0.6) is 0 Å². The highest BCUT2D eigenvalue weighted by atomic mass is 35.5. The topological polar surface area (TPSA) is 66.4 Å². The van der Waals surface area contributed by atoms with E-state index in [4.69, 9.17) is 16.7 Å². The minimum Gasteiger partial charge on any atom is -0.478 e. The highest BCUT2D eigenvalue weighted by Gasteiger charge is 2.22. The van der Waals surface area contributed by atoms with E-state index in [0.29, 0.717) is 0 Å². The van der Waals surface area contributed by atoms with Crippen molar-refractivity contribution < 1.29 is 23.5 Å². The third kappa shape index (κ3) is 2.92. The van der Waals surface area contributed by atoms with Crippen LogP contribution in [0.3, 0.4) is 0 Å². The zero-order valence-electron chi connectivity index (χ0n) is 11.3. The number of carbonyl (C=O) groups excluding carboxylic acids is 1. The summed E-state index contributed by atoms with van der Waals surface area (Å²) in [4.78, 5) is 21.9. The van der Waals surface area contributed by atoms with Gasteiger partial charge in [0.15, 0.2) is 17.9 Å². The van der Waals surface area contributed by atoms with E-state index in [9.17, 15) is 18.4 Å². The predicted octanol–water partition coefficient (Wildman–Crippen LogP) is 4.18. The number of halogens is 3. The third-order valence-electron chi connectivity index (χ3n) is 2.98. The van der Waals surface area contributed by atoms with Crippen LogP contribution in [0.4, 0.5) is 20.2 Å². The maximum atomic E-state index is 14.1. The summed E-state index contributed by atoms with van der Waals surface area (Å²) in [6.45, 7) is 1.79. The number of hydrogen-bond donors (Lipinski definition) is 2. The average molecular weight is 326 g/mol. The van der Waals surface area contributed by atoms with Gasteiger partial charge in [0.25, 0.3) is 0 Å². The summed E-state index contributed by atoms with van der Waals surface area (Å²) < 4.78 is 27.8. The van der Waals surface area contributed by atoms with Crippen LogP contribution >= 0.6 is 11.6 Å². The van der Waals surface area contributed by atoms with Gasteiger partial charge >= 0.3 is 5.97 Å². The van der Waals surface area contributed by atoms with Crippen LogP contribution in [0.2, 0.25) is 5.02 Å². The molecule has 0 aromatic heterocycles. The van der Waals surface area contributed by atoms with Crippen molar-refractivity contribution in [3.63, 3.8) is 0 Å². The minimum absolute atomic E-state index is 0.0491. The van der Waals surface area contributed by atoms with Gasteiger partial charge in [0.2, 0.25) is 0 Å². The summed E-state index contributed by atoms with van der Waals surface area (Å²) in [5.41, 5.74) is -0.779. The minimum atomic E-state index is -1.51. The molecule has 0 aliphatic carbocycles. The number of aryl methyl sites for hydroxylation is 1. The summed E-state index contributed by atoms with van der Waals surface area (Å²) in [6.07, 6.45) is 0.0491. The van der Waals surface area contributed by atoms with Crippen LogP contribution in [-0.4, -0.2) is 17.4 Å². The molecular formula is C15H10ClF2NO3. The first kappa shape index (κ1) is 15.9. The first-order valence-corrected chi connectivity index (χ1v) is 6.46. The molecule has 0 amide bonds. The SMILES string of the molecule is Cc1ccc(Nc2c(C(=O)O)cc(C=O)c(F)c2F)c(Cl)c1. The Hall–Kier alpha value is -2.47. The number of aldehydes is 1. The molecule has 2 N–H and O–H groups in total. The van der Waals surface area contributed by atoms with E-state index < -0.39 is 34.4 Å². The van der Waals surface area contributed by atoms with E-state index >= 15 is 0 Å². The fourth-order valence-corrected chi connectivity index (χ4v) is 2.16. The molecular weight excluding hydrogens is 316 g/mol.